The third-order valence-corrected chi connectivity index (χ3v) is 2.05. The molecule has 5 heteroatoms. The lowest BCUT2D eigenvalue weighted by molar-refractivity contribution is 0.101. The van der Waals surface area contributed by atoms with E-state index in [-0.39, 0.29) is 11.6 Å². The summed E-state index contributed by atoms with van der Waals surface area (Å²) in [6, 6.07) is 0. The Balaban J connectivity index is 2.93. The van der Waals surface area contributed by atoms with Gasteiger partial charge in [-0.1, -0.05) is 0 Å². The number of nitrogens with zero attached hydrogens (tertiary/aromatic N) is 2. The predicted octanol–water partition coefficient (Wildman–Crippen LogP) is 1.32. The van der Waals surface area contributed by atoms with E-state index in [2.05, 4.69) is 9.97 Å². The fraction of sp³-hybridized carbons (Fsp3) is 0.222. The van der Waals surface area contributed by atoms with Gasteiger partial charge in [0, 0.05) is 0 Å². The third-order valence-electron chi connectivity index (χ3n) is 2.05. The molecule has 0 aliphatic carbocycles. The number of hydrogen-bond donors (Lipinski definition) is 1. The molecule has 0 fully saturated rings. The highest BCUT2D eigenvalue weighted by molar-refractivity contribution is 6.09. The van der Waals surface area contributed by atoms with Crippen LogP contribution in [0.3, 0.4) is 0 Å². The highest BCUT2D eigenvalue weighted by Crippen LogP contribution is 2.27. The van der Waals surface area contributed by atoms with Crippen molar-refractivity contribution in [2.75, 3.05) is 5.73 Å². The van der Waals surface area contributed by atoms with Crippen LogP contribution >= 0.6 is 0 Å². The lowest BCUT2D eigenvalue weighted by Gasteiger charge is -1.94. The zero-order valence-electron chi connectivity index (χ0n) is 7.87. The van der Waals surface area contributed by atoms with Gasteiger partial charge in [-0.3, -0.25) is 4.79 Å². The summed E-state index contributed by atoms with van der Waals surface area (Å²) in [5.74, 6) is 0.708. The highest BCUT2D eigenvalue weighted by atomic mass is 16.3. The number of hydrogen-bond acceptors (Lipinski definition) is 5. The van der Waals surface area contributed by atoms with Crippen LogP contribution in [0.15, 0.2) is 10.7 Å². The third kappa shape index (κ3) is 1.06. The van der Waals surface area contributed by atoms with Crippen molar-refractivity contribution in [2.45, 2.75) is 13.8 Å². The first kappa shape index (κ1) is 8.68. The number of Topliss-reactive ketones (excluding diaryl/α,β-unsaturated/α-hetero) is 1. The number of nitrogen functional groups attached to an aromatic ring is 1. The Morgan fingerprint density at radius 1 is 1.50 bits per heavy atom. The van der Waals surface area contributed by atoms with Crippen LogP contribution in [0.25, 0.3) is 11.1 Å². The molecule has 0 atom stereocenters. The minimum absolute atomic E-state index is 0.0947. The first-order valence-electron chi connectivity index (χ1n) is 4.11. The van der Waals surface area contributed by atoms with E-state index in [4.69, 9.17) is 10.2 Å². The van der Waals surface area contributed by atoms with Gasteiger partial charge in [0.05, 0.1) is 10.9 Å². The minimum Gasteiger partial charge on any atom is -0.442 e. The number of carbonyl (C=O) groups excluding carboxylic acids is 1. The van der Waals surface area contributed by atoms with Crippen LogP contribution in [0.1, 0.15) is 23.0 Å². The summed E-state index contributed by atoms with van der Waals surface area (Å²) in [6.45, 7) is 3.17. The smallest absolute Gasteiger partial charge is 0.232 e. The molecule has 0 unspecified atom stereocenters. The number of nitrogens with two attached hydrogens (primary N) is 1. The Labute approximate surface area is 79.9 Å². The van der Waals surface area contributed by atoms with Crippen LogP contribution in [0, 0.1) is 6.92 Å². The average molecular weight is 191 g/mol. The van der Waals surface area contributed by atoms with Crippen molar-refractivity contribution < 1.29 is 9.21 Å². The Morgan fingerprint density at radius 2 is 2.21 bits per heavy atom. The summed E-state index contributed by atoms with van der Waals surface area (Å²) in [5, 5.41) is 0.512. The number of rotatable bonds is 1. The molecule has 2 heterocycles. The average Bonchev–Trinajstić information content (AvgIpc) is 2.42. The summed E-state index contributed by atoms with van der Waals surface area (Å²) in [7, 11) is 0. The van der Waals surface area contributed by atoms with Crippen molar-refractivity contribution in [3.05, 3.63) is 17.7 Å². The van der Waals surface area contributed by atoms with Gasteiger partial charge in [-0.2, -0.15) is 0 Å². The first-order chi connectivity index (χ1) is 6.61. The molecular weight excluding hydrogens is 182 g/mol. The zero-order chi connectivity index (χ0) is 10.3. The van der Waals surface area contributed by atoms with Crippen LogP contribution in [-0.4, -0.2) is 15.8 Å². The molecule has 0 saturated carbocycles. The van der Waals surface area contributed by atoms with E-state index in [9.17, 15) is 4.79 Å². The SMILES string of the molecule is CC(=O)c1c(C)oc2ncnc(N)c12. The summed E-state index contributed by atoms with van der Waals surface area (Å²) >= 11 is 0. The van der Waals surface area contributed by atoms with Gasteiger partial charge in [-0.05, 0) is 13.8 Å². The second kappa shape index (κ2) is 2.80. The van der Waals surface area contributed by atoms with Gasteiger partial charge in [-0.15, -0.1) is 0 Å². The fourth-order valence-electron chi connectivity index (χ4n) is 1.49. The van der Waals surface area contributed by atoms with Crippen LogP contribution < -0.4 is 5.73 Å². The van der Waals surface area contributed by atoms with Crippen molar-refractivity contribution in [2.24, 2.45) is 0 Å². The van der Waals surface area contributed by atoms with E-state index in [1.54, 1.807) is 6.92 Å². The van der Waals surface area contributed by atoms with Crippen molar-refractivity contribution in [3.63, 3.8) is 0 Å². The standard InChI is InChI=1S/C9H9N3O2/c1-4(13)6-5(2)14-9-7(6)8(10)11-3-12-9/h3H,1-2H3,(H2,10,11,12). The molecular formula is C9H9N3O2. The van der Waals surface area contributed by atoms with Crippen LogP contribution in [0.5, 0.6) is 0 Å². The predicted molar refractivity (Wildman–Crippen MR) is 51.0 cm³/mol. The Bertz CT molecular complexity index is 516. The van der Waals surface area contributed by atoms with Gasteiger partial charge in [0.25, 0.3) is 0 Å². The number of carbonyl (C=O) groups is 1. The maximum atomic E-state index is 11.3. The lowest BCUT2D eigenvalue weighted by atomic mass is 10.1. The largest absolute Gasteiger partial charge is 0.442 e. The molecule has 2 rings (SSSR count). The maximum absolute atomic E-state index is 11.3. The van der Waals surface area contributed by atoms with E-state index in [0.717, 1.165) is 0 Å². The highest BCUT2D eigenvalue weighted by Gasteiger charge is 2.18. The lowest BCUT2D eigenvalue weighted by Crippen LogP contribution is -1.97. The molecule has 2 aromatic rings. The molecule has 0 aliphatic heterocycles. The second-order valence-electron chi connectivity index (χ2n) is 3.03. The molecule has 5 nitrogen and oxygen atoms in total. The molecule has 0 aromatic carbocycles. The molecule has 0 amide bonds. The summed E-state index contributed by atoms with van der Waals surface area (Å²) < 4.78 is 5.29. The Morgan fingerprint density at radius 3 is 2.86 bits per heavy atom. The normalized spacial score (nSPS) is 10.7. The number of fused-ring (bicyclic) bond motifs is 1. The first-order valence-corrected chi connectivity index (χ1v) is 4.11. The van der Waals surface area contributed by atoms with Gasteiger partial charge in [0.1, 0.15) is 17.9 Å². The van der Waals surface area contributed by atoms with Gasteiger partial charge < -0.3 is 10.2 Å². The molecule has 0 saturated heterocycles. The van der Waals surface area contributed by atoms with Crippen LogP contribution in [0.4, 0.5) is 5.82 Å². The summed E-state index contributed by atoms with van der Waals surface area (Å²) in [6.07, 6.45) is 1.31. The monoisotopic (exact) mass is 191 g/mol. The Kier molecular flexibility index (Phi) is 1.73. The minimum atomic E-state index is -0.0947. The molecule has 0 spiro atoms. The number of aromatic nitrogens is 2. The van der Waals surface area contributed by atoms with Crippen molar-refractivity contribution >= 4 is 22.7 Å². The molecule has 14 heavy (non-hydrogen) atoms. The number of ketones is 1. The van der Waals surface area contributed by atoms with E-state index >= 15 is 0 Å². The molecule has 2 N–H and O–H groups in total. The van der Waals surface area contributed by atoms with Crippen LogP contribution in [0.2, 0.25) is 0 Å². The second-order valence-corrected chi connectivity index (χ2v) is 3.03. The maximum Gasteiger partial charge on any atom is 0.232 e. The van der Waals surface area contributed by atoms with Gasteiger partial charge >= 0.3 is 0 Å². The van der Waals surface area contributed by atoms with Gasteiger partial charge in [0.2, 0.25) is 5.71 Å². The quantitative estimate of drug-likeness (QED) is 0.687. The molecule has 0 bridgehead atoms. The van der Waals surface area contributed by atoms with Crippen LogP contribution in [-0.2, 0) is 0 Å². The van der Waals surface area contributed by atoms with Gasteiger partial charge in [-0.25, -0.2) is 9.97 Å². The van der Waals surface area contributed by atoms with Crippen molar-refractivity contribution in [3.8, 4) is 0 Å². The number of furan rings is 1. The summed E-state index contributed by atoms with van der Waals surface area (Å²) in [5.41, 5.74) is 6.48. The molecule has 2 aromatic heterocycles. The Hall–Kier alpha value is -1.91. The number of anilines is 1. The van der Waals surface area contributed by atoms with Gasteiger partial charge in [0.15, 0.2) is 5.78 Å². The van der Waals surface area contributed by atoms with Crippen molar-refractivity contribution in [1.82, 2.24) is 9.97 Å². The van der Waals surface area contributed by atoms with E-state index in [0.29, 0.717) is 22.4 Å². The molecule has 72 valence electrons. The topological polar surface area (TPSA) is 82.0 Å². The zero-order valence-corrected chi connectivity index (χ0v) is 7.87. The molecule has 0 radical (unpaired) electrons. The van der Waals surface area contributed by atoms with E-state index in [1.165, 1.54) is 13.3 Å². The molecule has 0 aliphatic rings. The van der Waals surface area contributed by atoms with E-state index in [1.807, 2.05) is 0 Å². The van der Waals surface area contributed by atoms with E-state index < -0.39 is 0 Å². The van der Waals surface area contributed by atoms with Crippen molar-refractivity contribution in [1.29, 1.82) is 0 Å². The fourth-order valence-corrected chi connectivity index (χ4v) is 1.49. The number of aryl methyl sites for hydroxylation is 1. The summed E-state index contributed by atoms with van der Waals surface area (Å²) in [4.78, 5) is 19.0.